The lowest BCUT2D eigenvalue weighted by Crippen LogP contribution is -2.62. The van der Waals surface area contributed by atoms with Crippen LogP contribution in [0.2, 0.25) is 0 Å². The minimum Gasteiger partial charge on any atom is -0.465 e. The van der Waals surface area contributed by atoms with Crippen molar-refractivity contribution in [3.05, 3.63) is 35.9 Å². The van der Waals surface area contributed by atoms with Gasteiger partial charge in [-0.3, -0.25) is 9.80 Å². The standard InChI is InChI=1S/C22H35N3O4/c1-17(2)29-16-21-15-23(9-10-28-21)13-20-14-25(22(26)27)18(3)11-24(20)12-19-7-5-4-6-8-19/h4-8,17-18,20-21H,9-16H2,1-3H3,(H,26,27)/t18-,20+,21+/m1/s1. The van der Waals surface area contributed by atoms with E-state index in [1.54, 1.807) is 4.90 Å². The molecule has 7 nitrogen and oxygen atoms in total. The zero-order valence-corrected chi connectivity index (χ0v) is 17.9. The quantitative estimate of drug-likeness (QED) is 0.751. The molecule has 29 heavy (non-hydrogen) atoms. The van der Waals surface area contributed by atoms with Gasteiger partial charge < -0.3 is 19.5 Å². The van der Waals surface area contributed by atoms with Crippen LogP contribution in [0.15, 0.2) is 30.3 Å². The summed E-state index contributed by atoms with van der Waals surface area (Å²) in [5, 5.41) is 9.63. The van der Waals surface area contributed by atoms with Gasteiger partial charge in [0.1, 0.15) is 0 Å². The molecular weight excluding hydrogens is 370 g/mol. The van der Waals surface area contributed by atoms with E-state index >= 15 is 0 Å². The SMILES string of the molecule is CC(C)OC[C@@H]1CN(C[C@H]2CN(C(=O)O)[C@H](C)CN2Cc2ccccc2)CCO1. The average Bonchev–Trinajstić information content (AvgIpc) is 2.69. The van der Waals surface area contributed by atoms with Gasteiger partial charge in [-0.2, -0.15) is 0 Å². The molecule has 2 saturated heterocycles. The third-order valence-electron chi connectivity index (χ3n) is 5.74. The number of piperazine rings is 1. The lowest BCUT2D eigenvalue weighted by atomic mass is 10.0. The molecule has 2 aliphatic heterocycles. The van der Waals surface area contributed by atoms with Crippen LogP contribution in [0.25, 0.3) is 0 Å². The van der Waals surface area contributed by atoms with Gasteiger partial charge in [0.05, 0.1) is 25.4 Å². The first-order valence-electron chi connectivity index (χ1n) is 10.7. The van der Waals surface area contributed by atoms with Crippen LogP contribution >= 0.6 is 0 Å². The zero-order chi connectivity index (χ0) is 20.8. The van der Waals surface area contributed by atoms with Crippen molar-refractivity contribution in [3.8, 4) is 0 Å². The number of carboxylic acid groups (broad SMARTS) is 1. The van der Waals surface area contributed by atoms with Gasteiger partial charge in [-0.25, -0.2) is 4.79 Å². The number of morpholine rings is 1. The summed E-state index contributed by atoms with van der Waals surface area (Å²) in [4.78, 5) is 18.2. The first-order chi connectivity index (χ1) is 13.9. The van der Waals surface area contributed by atoms with Gasteiger partial charge in [-0.15, -0.1) is 0 Å². The van der Waals surface area contributed by atoms with Crippen LogP contribution in [0, 0.1) is 0 Å². The molecule has 0 bridgehead atoms. The molecule has 162 valence electrons. The third kappa shape index (κ3) is 6.40. The van der Waals surface area contributed by atoms with E-state index in [-0.39, 0.29) is 24.3 Å². The molecule has 1 aromatic carbocycles. The van der Waals surface area contributed by atoms with Gasteiger partial charge in [0, 0.05) is 51.4 Å². The smallest absolute Gasteiger partial charge is 0.407 e. The molecular formula is C22H35N3O4. The van der Waals surface area contributed by atoms with Gasteiger partial charge in [0.15, 0.2) is 0 Å². The Kier molecular flexibility index (Phi) is 7.89. The maximum atomic E-state index is 11.7. The van der Waals surface area contributed by atoms with Gasteiger partial charge in [0.2, 0.25) is 0 Å². The average molecular weight is 406 g/mol. The molecule has 3 rings (SSSR count). The third-order valence-corrected chi connectivity index (χ3v) is 5.74. The second kappa shape index (κ2) is 10.4. The molecule has 1 aromatic rings. The van der Waals surface area contributed by atoms with Crippen LogP contribution in [-0.2, 0) is 16.0 Å². The Morgan fingerprint density at radius 1 is 1.24 bits per heavy atom. The van der Waals surface area contributed by atoms with Crippen molar-refractivity contribution in [2.45, 2.75) is 51.6 Å². The summed E-state index contributed by atoms with van der Waals surface area (Å²) in [6, 6.07) is 10.6. The summed E-state index contributed by atoms with van der Waals surface area (Å²) < 4.78 is 11.6. The van der Waals surface area contributed by atoms with Crippen LogP contribution < -0.4 is 0 Å². The molecule has 1 N–H and O–H groups in total. The molecule has 2 heterocycles. The molecule has 0 aromatic heterocycles. The predicted molar refractivity (Wildman–Crippen MR) is 112 cm³/mol. The van der Waals surface area contributed by atoms with E-state index < -0.39 is 6.09 Å². The number of amides is 1. The first kappa shape index (κ1) is 22.0. The number of hydrogen-bond acceptors (Lipinski definition) is 5. The molecule has 2 fully saturated rings. The zero-order valence-electron chi connectivity index (χ0n) is 17.9. The number of carbonyl (C=O) groups is 1. The minimum atomic E-state index is -0.827. The van der Waals surface area contributed by atoms with Crippen LogP contribution in [0.1, 0.15) is 26.3 Å². The lowest BCUT2D eigenvalue weighted by Gasteiger charge is -2.46. The van der Waals surface area contributed by atoms with Crippen LogP contribution in [0.4, 0.5) is 4.79 Å². The van der Waals surface area contributed by atoms with Crippen molar-refractivity contribution in [1.29, 1.82) is 0 Å². The lowest BCUT2D eigenvalue weighted by molar-refractivity contribution is -0.0867. The fourth-order valence-electron chi connectivity index (χ4n) is 4.21. The van der Waals surface area contributed by atoms with E-state index in [1.807, 2.05) is 26.8 Å². The van der Waals surface area contributed by atoms with Crippen molar-refractivity contribution in [1.82, 2.24) is 14.7 Å². The van der Waals surface area contributed by atoms with E-state index in [0.29, 0.717) is 19.8 Å². The minimum absolute atomic E-state index is 0.00987. The first-order valence-corrected chi connectivity index (χ1v) is 10.7. The van der Waals surface area contributed by atoms with Crippen LogP contribution in [-0.4, -0.2) is 96.1 Å². The van der Waals surface area contributed by atoms with E-state index in [1.165, 1.54) is 5.56 Å². The highest BCUT2D eigenvalue weighted by molar-refractivity contribution is 5.65. The van der Waals surface area contributed by atoms with Gasteiger partial charge in [0.25, 0.3) is 0 Å². The Bertz CT molecular complexity index is 642. The monoisotopic (exact) mass is 405 g/mol. The molecule has 0 unspecified atom stereocenters. The van der Waals surface area contributed by atoms with Gasteiger partial charge in [-0.1, -0.05) is 30.3 Å². The molecule has 0 radical (unpaired) electrons. The molecule has 0 saturated carbocycles. The maximum absolute atomic E-state index is 11.7. The molecule has 3 atom stereocenters. The Balaban J connectivity index is 1.65. The summed E-state index contributed by atoms with van der Waals surface area (Å²) >= 11 is 0. The second-order valence-corrected chi connectivity index (χ2v) is 8.49. The fourth-order valence-corrected chi connectivity index (χ4v) is 4.21. The van der Waals surface area contributed by atoms with Crippen molar-refractivity contribution < 1.29 is 19.4 Å². The molecule has 2 aliphatic rings. The number of benzene rings is 1. The summed E-state index contributed by atoms with van der Waals surface area (Å²) in [6.45, 7) is 12.0. The molecule has 0 aliphatic carbocycles. The predicted octanol–water partition coefficient (Wildman–Crippen LogP) is 2.37. The molecule has 1 amide bonds. The van der Waals surface area contributed by atoms with Crippen molar-refractivity contribution >= 4 is 6.09 Å². The normalized spacial score (nSPS) is 26.8. The number of hydrogen-bond donors (Lipinski definition) is 1. The van der Waals surface area contributed by atoms with Crippen molar-refractivity contribution in [2.75, 3.05) is 45.9 Å². The Hall–Kier alpha value is -1.67. The van der Waals surface area contributed by atoms with Crippen molar-refractivity contribution in [2.24, 2.45) is 0 Å². The number of nitrogens with zero attached hydrogens (tertiary/aromatic N) is 3. The van der Waals surface area contributed by atoms with Gasteiger partial charge in [-0.05, 0) is 26.3 Å². The topological polar surface area (TPSA) is 65.5 Å². The highest BCUT2D eigenvalue weighted by atomic mass is 16.5. The highest BCUT2D eigenvalue weighted by Crippen LogP contribution is 2.20. The number of rotatable bonds is 7. The Morgan fingerprint density at radius 2 is 2.00 bits per heavy atom. The molecule has 0 spiro atoms. The summed E-state index contributed by atoms with van der Waals surface area (Å²) in [6.07, 6.45) is -0.557. The van der Waals surface area contributed by atoms with Crippen molar-refractivity contribution in [3.63, 3.8) is 0 Å². The van der Waals surface area contributed by atoms with Crippen LogP contribution in [0.3, 0.4) is 0 Å². The fraction of sp³-hybridized carbons (Fsp3) is 0.682. The Labute approximate surface area is 174 Å². The van der Waals surface area contributed by atoms with E-state index in [4.69, 9.17) is 9.47 Å². The summed E-state index contributed by atoms with van der Waals surface area (Å²) in [5.41, 5.74) is 1.26. The largest absolute Gasteiger partial charge is 0.465 e. The highest BCUT2D eigenvalue weighted by Gasteiger charge is 2.35. The van der Waals surface area contributed by atoms with Gasteiger partial charge >= 0.3 is 6.09 Å². The van der Waals surface area contributed by atoms with Crippen LogP contribution in [0.5, 0.6) is 0 Å². The second-order valence-electron chi connectivity index (χ2n) is 8.49. The number of ether oxygens (including phenoxy) is 2. The maximum Gasteiger partial charge on any atom is 0.407 e. The molecule has 7 heteroatoms. The van der Waals surface area contributed by atoms with E-state index in [2.05, 4.69) is 34.1 Å². The Morgan fingerprint density at radius 3 is 2.69 bits per heavy atom. The summed E-state index contributed by atoms with van der Waals surface area (Å²) in [5.74, 6) is 0. The van der Waals surface area contributed by atoms with E-state index in [0.717, 1.165) is 32.7 Å². The summed E-state index contributed by atoms with van der Waals surface area (Å²) in [7, 11) is 0. The van der Waals surface area contributed by atoms with E-state index in [9.17, 15) is 9.90 Å².